The number of nitrogens with one attached hydrogen (secondary N) is 2. The Morgan fingerprint density at radius 1 is 0.949 bits per heavy atom. The Morgan fingerprint density at radius 2 is 1.77 bits per heavy atom. The maximum atomic E-state index is 12.6. The van der Waals surface area contributed by atoms with E-state index < -0.39 is 11.7 Å². The molecular weight excluding hydrogens is 496 g/mol. The van der Waals surface area contributed by atoms with E-state index in [1.807, 2.05) is 75.4 Å². The lowest BCUT2D eigenvalue weighted by Gasteiger charge is -2.20. The minimum Gasteiger partial charge on any atom is -0.497 e. The van der Waals surface area contributed by atoms with Crippen molar-refractivity contribution in [1.29, 1.82) is 0 Å². The first-order chi connectivity index (χ1) is 18.7. The number of para-hydroxylation sites is 1. The lowest BCUT2D eigenvalue weighted by molar-refractivity contribution is 0.0636. The third-order valence-corrected chi connectivity index (χ3v) is 5.91. The van der Waals surface area contributed by atoms with Crippen LogP contribution >= 0.6 is 0 Å². The lowest BCUT2D eigenvalue weighted by Crippen LogP contribution is -2.27. The van der Waals surface area contributed by atoms with E-state index in [9.17, 15) is 4.79 Å². The molecule has 39 heavy (non-hydrogen) atoms. The zero-order valence-corrected chi connectivity index (χ0v) is 23.1. The molecule has 1 aromatic heterocycles. The summed E-state index contributed by atoms with van der Waals surface area (Å²) in [5.41, 5.74) is 2.50. The molecule has 0 bridgehead atoms. The van der Waals surface area contributed by atoms with E-state index in [0.717, 1.165) is 21.9 Å². The van der Waals surface area contributed by atoms with E-state index in [4.69, 9.17) is 23.9 Å². The van der Waals surface area contributed by atoms with E-state index in [2.05, 4.69) is 15.6 Å². The van der Waals surface area contributed by atoms with Gasteiger partial charge in [-0.25, -0.2) is 14.8 Å². The summed E-state index contributed by atoms with van der Waals surface area (Å²) in [5.74, 6) is 2.58. The van der Waals surface area contributed by atoms with Crippen molar-refractivity contribution >= 4 is 28.5 Å². The summed E-state index contributed by atoms with van der Waals surface area (Å²) in [4.78, 5) is 21.7. The standard InChI is InChI=1S/C30H34N4O5/c1-30(2,3)39-29(35)34-25-17-21(16-20-10-11-22(36-4)18-23(20)25)24-13-15-32-28(33-24)31-14-12-19-8-7-9-26(37-5)27(19)38-6/h7-11,13,15-18H,12,14H2,1-6H3,(H,34,35)(H,31,32,33). The molecule has 0 atom stereocenters. The van der Waals surface area contributed by atoms with E-state index >= 15 is 0 Å². The van der Waals surface area contributed by atoms with Crippen molar-refractivity contribution in [2.75, 3.05) is 38.5 Å². The number of fused-ring (bicyclic) bond motifs is 1. The van der Waals surface area contributed by atoms with Crippen LogP contribution in [0.4, 0.5) is 16.4 Å². The van der Waals surface area contributed by atoms with Crippen molar-refractivity contribution in [3.8, 4) is 28.5 Å². The molecule has 1 amide bonds. The predicted octanol–water partition coefficient (Wildman–Crippen LogP) is 6.32. The normalized spacial score (nSPS) is 11.1. The number of hydrogen-bond donors (Lipinski definition) is 2. The molecule has 2 N–H and O–H groups in total. The molecule has 4 rings (SSSR count). The maximum absolute atomic E-state index is 12.6. The van der Waals surface area contributed by atoms with Crippen LogP contribution in [0.5, 0.6) is 17.2 Å². The Labute approximate surface area is 228 Å². The first-order valence-electron chi connectivity index (χ1n) is 12.6. The number of ether oxygens (including phenoxy) is 4. The van der Waals surface area contributed by atoms with Gasteiger partial charge in [-0.1, -0.05) is 18.2 Å². The molecular formula is C30H34N4O5. The zero-order valence-electron chi connectivity index (χ0n) is 23.1. The summed E-state index contributed by atoms with van der Waals surface area (Å²) in [7, 11) is 4.86. The molecule has 3 aromatic carbocycles. The number of hydrogen-bond acceptors (Lipinski definition) is 8. The molecule has 0 aliphatic carbocycles. The van der Waals surface area contributed by atoms with Gasteiger partial charge in [0.1, 0.15) is 11.4 Å². The number of carbonyl (C=O) groups excluding carboxylic acids is 1. The molecule has 0 aliphatic rings. The number of benzene rings is 3. The highest BCUT2D eigenvalue weighted by atomic mass is 16.6. The van der Waals surface area contributed by atoms with Gasteiger partial charge in [0.2, 0.25) is 5.95 Å². The van der Waals surface area contributed by atoms with Gasteiger partial charge in [-0.05, 0) is 74.5 Å². The zero-order chi connectivity index (χ0) is 28.0. The second kappa shape index (κ2) is 11.9. The van der Waals surface area contributed by atoms with Crippen LogP contribution in [0.25, 0.3) is 22.0 Å². The van der Waals surface area contributed by atoms with E-state index in [1.54, 1.807) is 27.5 Å². The van der Waals surface area contributed by atoms with Crippen molar-refractivity contribution in [1.82, 2.24) is 9.97 Å². The minimum atomic E-state index is -0.628. The number of aromatic nitrogens is 2. The molecule has 0 radical (unpaired) electrons. The van der Waals surface area contributed by atoms with Gasteiger partial charge in [0.15, 0.2) is 11.5 Å². The van der Waals surface area contributed by atoms with Crippen molar-refractivity contribution in [2.24, 2.45) is 0 Å². The third kappa shape index (κ3) is 6.87. The number of carbonyl (C=O) groups is 1. The molecule has 9 nitrogen and oxygen atoms in total. The largest absolute Gasteiger partial charge is 0.497 e. The van der Waals surface area contributed by atoms with Gasteiger partial charge in [0.05, 0.1) is 32.7 Å². The number of nitrogens with zero attached hydrogens (tertiary/aromatic N) is 2. The summed E-state index contributed by atoms with van der Waals surface area (Å²) in [6, 6.07) is 17.2. The molecule has 1 heterocycles. The van der Waals surface area contributed by atoms with Crippen LogP contribution in [0.3, 0.4) is 0 Å². The lowest BCUT2D eigenvalue weighted by atomic mass is 10.0. The fourth-order valence-electron chi connectivity index (χ4n) is 4.19. The molecule has 0 unspecified atom stereocenters. The van der Waals surface area contributed by atoms with Gasteiger partial charge in [0.25, 0.3) is 0 Å². The van der Waals surface area contributed by atoms with Crippen molar-refractivity contribution < 1.29 is 23.7 Å². The fraction of sp³-hybridized carbons (Fsp3) is 0.300. The molecule has 0 spiro atoms. The Hall–Kier alpha value is -4.53. The van der Waals surface area contributed by atoms with Crippen LogP contribution in [0.2, 0.25) is 0 Å². The smallest absolute Gasteiger partial charge is 0.412 e. The minimum absolute atomic E-state index is 0.492. The topological polar surface area (TPSA) is 104 Å². The second-order valence-corrected chi connectivity index (χ2v) is 9.83. The quantitative estimate of drug-likeness (QED) is 0.259. The van der Waals surface area contributed by atoms with Crippen LogP contribution in [-0.4, -0.2) is 49.5 Å². The summed E-state index contributed by atoms with van der Waals surface area (Å²) >= 11 is 0. The van der Waals surface area contributed by atoms with Gasteiger partial charge in [-0.2, -0.15) is 0 Å². The number of methoxy groups -OCH3 is 3. The average molecular weight is 531 g/mol. The molecule has 204 valence electrons. The Morgan fingerprint density at radius 3 is 2.49 bits per heavy atom. The molecule has 0 saturated carbocycles. The third-order valence-electron chi connectivity index (χ3n) is 5.91. The highest BCUT2D eigenvalue weighted by Crippen LogP contribution is 2.34. The Kier molecular flexibility index (Phi) is 8.39. The summed E-state index contributed by atoms with van der Waals surface area (Å²) in [5, 5.41) is 7.92. The van der Waals surface area contributed by atoms with Gasteiger partial charge in [-0.15, -0.1) is 0 Å². The maximum Gasteiger partial charge on any atom is 0.412 e. The van der Waals surface area contributed by atoms with Crippen molar-refractivity contribution in [3.63, 3.8) is 0 Å². The van der Waals surface area contributed by atoms with Crippen molar-refractivity contribution in [2.45, 2.75) is 32.8 Å². The molecule has 9 heteroatoms. The SMILES string of the molecule is COc1ccc2cc(-c3ccnc(NCCc4cccc(OC)c4OC)n3)cc(NC(=O)OC(C)(C)C)c2c1. The van der Waals surface area contributed by atoms with E-state index in [0.29, 0.717) is 47.5 Å². The monoisotopic (exact) mass is 530 g/mol. The summed E-state index contributed by atoms with van der Waals surface area (Å²) in [6.07, 6.45) is 1.85. The second-order valence-electron chi connectivity index (χ2n) is 9.83. The van der Waals surface area contributed by atoms with Gasteiger partial charge < -0.3 is 24.3 Å². The van der Waals surface area contributed by atoms with E-state index in [1.165, 1.54) is 0 Å². The molecule has 4 aromatic rings. The average Bonchev–Trinajstić information content (AvgIpc) is 2.91. The highest BCUT2D eigenvalue weighted by molar-refractivity contribution is 6.03. The summed E-state index contributed by atoms with van der Waals surface area (Å²) < 4.78 is 21.8. The molecule has 0 saturated heterocycles. The first kappa shape index (κ1) is 27.5. The van der Waals surface area contributed by atoms with Gasteiger partial charge in [0, 0.05) is 23.7 Å². The van der Waals surface area contributed by atoms with Gasteiger partial charge >= 0.3 is 6.09 Å². The Bertz CT molecular complexity index is 1470. The molecule has 0 aliphatic heterocycles. The van der Waals surface area contributed by atoms with Crippen LogP contribution in [-0.2, 0) is 11.2 Å². The number of rotatable bonds is 9. The predicted molar refractivity (Wildman–Crippen MR) is 153 cm³/mol. The highest BCUT2D eigenvalue weighted by Gasteiger charge is 2.18. The fourth-order valence-corrected chi connectivity index (χ4v) is 4.19. The van der Waals surface area contributed by atoms with Gasteiger partial charge in [-0.3, -0.25) is 5.32 Å². The van der Waals surface area contributed by atoms with Crippen LogP contribution in [0.15, 0.2) is 60.8 Å². The molecule has 0 fully saturated rings. The number of anilines is 2. The van der Waals surface area contributed by atoms with E-state index in [-0.39, 0.29) is 0 Å². The van der Waals surface area contributed by atoms with Crippen LogP contribution in [0.1, 0.15) is 26.3 Å². The first-order valence-corrected chi connectivity index (χ1v) is 12.6. The van der Waals surface area contributed by atoms with Crippen LogP contribution < -0.4 is 24.8 Å². The summed E-state index contributed by atoms with van der Waals surface area (Å²) in [6.45, 7) is 6.06. The number of amides is 1. The van der Waals surface area contributed by atoms with Crippen LogP contribution in [0, 0.1) is 0 Å². The van der Waals surface area contributed by atoms with Crippen molar-refractivity contribution in [3.05, 3.63) is 66.4 Å². The Balaban J connectivity index is 1.59.